The number of carbonyl (C=O) groups is 5. The zero-order valence-corrected chi connectivity index (χ0v) is 17.0. The van der Waals surface area contributed by atoms with E-state index in [9.17, 15) is 29.1 Å². The third-order valence-corrected chi connectivity index (χ3v) is 4.76. The van der Waals surface area contributed by atoms with Gasteiger partial charge in [0.15, 0.2) is 0 Å². The van der Waals surface area contributed by atoms with Crippen molar-refractivity contribution in [1.82, 2.24) is 15.6 Å². The average Bonchev–Trinajstić information content (AvgIpc) is 3.13. The molecule has 2 aromatic rings. The van der Waals surface area contributed by atoms with Crippen molar-refractivity contribution >= 4 is 40.6 Å². The van der Waals surface area contributed by atoms with E-state index in [0.29, 0.717) is 5.56 Å². The fourth-order valence-electron chi connectivity index (χ4n) is 3.09. The fourth-order valence-corrected chi connectivity index (χ4v) is 3.09. The summed E-state index contributed by atoms with van der Waals surface area (Å²) in [5.41, 5.74) is 12.2. The molecule has 9 N–H and O–H groups in total. The first-order valence-electron chi connectivity index (χ1n) is 9.72. The highest BCUT2D eigenvalue weighted by atomic mass is 16.4. The van der Waals surface area contributed by atoms with Crippen LogP contribution in [0.2, 0.25) is 0 Å². The monoisotopic (exact) mass is 447 g/mol. The van der Waals surface area contributed by atoms with E-state index >= 15 is 0 Å². The second-order valence-electron chi connectivity index (χ2n) is 7.23. The molecule has 0 radical (unpaired) electrons. The van der Waals surface area contributed by atoms with Gasteiger partial charge in [0.05, 0.1) is 12.5 Å². The van der Waals surface area contributed by atoms with Gasteiger partial charge in [0.1, 0.15) is 12.1 Å². The number of hydrogen-bond acceptors (Lipinski definition) is 6. The van der Waals surface area contributed by atoms with Crippen molar-refractivity contribution in [3.8, 4) is 0 Å². The molecular weight excluding hydrogens is 422 g/mol. The van der Waals surface area contributed by atoms with Crippen LogP contribution in [0.15, 0.2) is 30.5 Å². The van der Waals surface area contributed by atoms with Gasteiger partial charge in [-0.15, -0.1) is 0 Å². The number of para-hydroxylation sites is 1. The molecule has 32 heavy (non-hydrogen) atoms. The van der Waals surface area contributed by atoms with Gasteiger partial charge in [0, 0.05) is 29.9 Å². The lowest BCUT2D eigenvalue weighted by Gasteiger charge is -2.22. The molecule has 1 heterocycles. The van der Waals surface area contributed by atoms with Gasteiger partial charge in [0.2, 0.25) is 17.7 Å². The van der Waals surface area contributed by atoms with Crippen molar-refractivity contribution in [2.75, 3.05) is 0 Å². The minimum absolute atomic E-state index is 0.0551. The van der Waals surface area contributed by atoms with Crippen LogP contribution in [0.1, 0.15) is 24.8 Å². The maximum atomic E-state index is 12.7. The Morgan fingerprint density at radius 3 is 2.28 bits per heavy atom. The van der Waals surface area contributed by atoms with Crippen LogP contribution in [0.25, 0.3) is 10.9 Å². The summed E-state index contributed by atoms with van der Waals surface area (Å²) in [5, 5.41) is 23.6. The van der Waals surface area contributed by atoms with E-state index < -0.39 is 54.2 Å². The number of carboxylic acids is 2. The quantitative estimate of drug-likeness (QED) is 0.210. The number of rotatable bonds is 12. The van der Waals surface area contributed by atoms with Crippen molar-refractivity contribution < 1.29 is 34.2 Å². The SMILES string of the molecule is NC(=O)C[C@H](NC(=O)[C@@H](N)CCC(=O)O)C(=O)N[C@@H](Cc1c[nH]c2ccccc12)C(=O)O. The van der Waals surface area contributed by atoms with Crippen LogP contribution >= 0.6 is 0 Å². The topological polar surface area (TPSA) is 218 Å². The molecule has 0 bridgehead atoms. The van der Waals surface area contributed by atoms with Gasteiger partial charge in [-0.1, -0.05) is 18.2 Å². The summed E-state index contributed by atoms with van der Waals surface area (Å²) in [6.45, 7) is 0. The maximum Gasteiger partial charge on any atom is 0.326 e. The number of nitrogens with two attached hydrogens (primary N) is 2. The molecule has 0 fully saturated rings. The number of nitrogens with one attached hydrogen (secondary N) is 3. The summed E-state index contributed by atoms with van der Waals surface area (Å²) < 4.78 is 0. The van der Waals surface area contributed by atoms with Gasteiger partial charge in [-0.25, -0.2) is 4.79 Å². The molecular formula is C20H25N5O7. The van der Waals surface area contributed by atoms with Gasteiger partial charge in [-0.05, 0) is 18.1 Å². The number of fused-ring (bicyclic) bond motifs is 1. The molecule has 12 nitrogen and oxygen atoms in total. The van der Waals surface area contributed by atoms with Crippen LogP contribution < -0.4 is 22.1 Å². The zero-order valence-electron chi connectivity index (χ0n) is 17.0. The summed E-state index contributed by atoms with van der Waals surface area (Å²) >= 11 is 0. The van der Waals surface area contributed by atoms with E-state index in [-0.39, 0.29) is 19.3 Å². The molecule has 0 aliphatic rings. The van der Waals surface area contributed by atoms with Gasteiger partial charge in [-0.3, -0.25) is 19.2 Å². The van der Waals surface area contributed by atoms with Crippen LogP contribution in [0.5, 0.6) is 0 Å². The van der Waals surface area contributed by atoms with Crippen LogP contribution in [-0.2, 0) is 30.4 Å². The van der Waals surface area contributed by atoms with Gasteiger partial charge in [-0.2, -0.15) is 0 Å². The molecule has 0 saturated carbocycles. The number of aliphatic carboxylic acids is 2. The minimum Gasteiger partial charge on any atom is -0.481 e. The average molecular weight is 447 g/mol. The molecule has 172 valence electrons. The summed E-state index contributed by atoms with van der Waals surface area (Å²) in [4.78, 5) is 61.6. The van der Waals surface area contributed by atoms with Crippen molar-refractivity contribution in [1.29, 1.82) is 0 Å². The Morgan fingerprint density at radius 1 is 1.00 bits per heavy atom. The molecule has 1 aromatic heterocycles. The summed E-state index contributed by atoms with van der Waals surface area (Å²) in [7, 11) is 0. The highest BCUT2D eigenvalue weighted by Gasteiger charge is 2.29. The van der Waals surface area contributed by atoms with Gasteiger partial charge < -0.3 is 37.3 Å². The third-order valence-electron chi connectivity index (χ3n) is 4.76. The highest BCUT2D eigenvalue weighted by molar-refractivity contribution is 5.95. The molecule has 0 spiro atoms. The molecule has 2 rings (SSSR count). The number of hydrogen-bond donors (Lipinski definition) is 7. The lowest BCUT2D eigenvalue weighted by atomic mass is 10.0. The van der Waals surface area contributed by atoms with E-state index in [1.165, 1.54) is 0 Å². The number of primary amides is 1. The summed E-state index contributed by atoms with van der Waals surface area (Å²) in [6.07, 6.45) is 0.428. The first-order valence-corrected chi connectivity index (χ1v) is 9.72. The number of aromatic amines is 1. The number of aromatic nitrogens is 1. The smallest absolute Gasteiger partial charge is 0.326 e. The Labute approximate surface area is 182 Å². The summed E-state index contributed by atoms with van der Waals surface area (Å²) in [6, 6.07) is 3.17. The molecule has 0 saturated heterocycles. The fraction of sp³-hybridized carbons (Fsp3) is 0.350. The predicted octanol–water partition coefficient (Wildman–Crippen LogP) is -1.17. The number of H-pyrrole nitrogens is 1. The first kappa shape index (κ1) is 24.3. The van der Waals surface area contributed by atoms with Crippen molar-refractivity contribution in [3.05, 3.63) is 36.0 Å². The number of carboxylic acid groups (broad SMARTS) is 2. The molecule has 3 amide bonds. The zero-order chi connectivity index (χ0) is 23.8. The minimum atomic E-state index is -1.47. The van der Waals surface area contributed by atoms with Gasteiger partial charge in [0.25, 0.3) is 0 Å². The van der Waals surface area contributed by atoms with Crippen molar-refractivity contribution in [2.45, 2.75) is 43.8 Å². The predicted molar refractivity (Wildman–Crippen MR) is 112 cm³/mol. The molecule has 1 aromatic carbocycles. The Bertz CT molecular complexity index is 1020. The Balaban J connectivity index is 2.11. The van der Waals surface area contributed by atoms with E-state index in [0.717, 1.165) is 10.9 Å². The standard InChI is InChI=1S/C20H25N5O7/c21-12(5-6-17(27)28)18(29)24-14(8-16(22)26)19(30)25-15(20(31)32)7-10-9-23-13-4-2-1-3-11(10)13/h1-4,9,12,14-15,23H,5-8,21H2,(H2,22,26)(H,24,29)(H,25,30)(H,27,28)(H,31,32)/t12-,14-,15-/m0/s1. The maximum absolute atomic E-state index is 12.7. The first-order chi connectivity index (χ1) is 15.1. The number of benzene rings is 1. The van der Waals surface area contributed by atoms with E-state index in [1.54, 1.807) is 18.3 Å². The van der Waals surface area contributed by atoms with E-state index in [4.69, 9.17) is 16.6 Å². The molecule has 0 unspecified atom stereocenters. The van der Waals surface area contributed by atoms with Crippen LogP contribution in [-0.4, -0.2) is 63.0 Å². The van der Waals surface area contributed by atoms with Crippen molar-refractivity contribution in [3.63, 3.8) is 0 Å². The third kappa shape index (κ3) is 6.80. The lowest BCUT2D eigenvalue weighted by Crippen LogP contribution is -2.55. The molecule has 0 aliphatic heterocycles. The number of amides is 3. The Hall–Kier alpha value is -3.93. The largest absolute Gasteiger partial charge is 0.481 e. The summed E-state index contributed by atoms with van der Waals surface area (Å²) in [5.74, 6) is -5.17. The van der Waals surface area contributed by atoms with Crippen LogP contribution in [0.4, 0.5) is 0 Å². The molecule has 0 aliphatic carbocycles. The van der Waals surface area contributed by atoms with Crippen molar-refractivity contribution in [2.24, 2.45) is 11.5 Å². The van der Waals surface area contributed by atoms with E-state index in [1.807, 2.05) is 12.1 Å². The highest BCUT2D eigenvalue weighted by Crippen LogP contribution is 2.19. The van der Waals surface area contributed by atoms with E-state index in [2.05, 4.69) is 15.6 Å². The lowest BCUT2D eigenvalue weighted by molar-refractivity contribution is -0.142. The van der Waals surface area contributed by atoms with Crippen LogP contribution in [0.3, 0.4) is 0 Å². The molecule has 3 atom stereocenters. The molecule has 12 heteroatoms. The number of carbonyl (C=O) groups excluding carboxylic acids is 3. The second kappa shape index (κ2) is 10.9. The van der Waals surface area contributed by atoms with Gasteiger partial charge >= 0.3 is 11.9 Å². The Kier molecular flexibility index (Phi) is 8.30. The normalized spacial score (nSPS) is 13.7. The van der Waals surface area contributed by atoms with Crippen LogP contribution in [0, 0.1) is 0 Å². The Morgan fingerprint density at radius 2 is 1.66 bits per heavy atom. The second-order valence-corrected chi connectivity index (χ2v) is 7.23.